The van der Waals surface area contributed by atoms with Gasteiger partial charge in [-0.05, 0) is 19.8 Å². The van der Waals surface area contributed by atoms with Gasteiger partial charge in [-0.3, -0.25) is 0 Å². The molecule has 0 rings (SSSR count). The molecule has 0 unspecified atom stereocenters. The Morgan fingerprint density at radius 2 is 2.25 bits per heavy atom. The molecular weight excluding hydrogens is 150 g/mol. The summed E-state index contributed by atoms with van der Waals surface area (Å²) in [4.78, 5) is 10.2. The highest BCUT2D eigenvalue weighted by molar-refractivity contribution is 5.57. The molecule has 0 heterocycles. The third kappa shape index (κ3) is 5.86. The molecule has 2 nitrogen and oxygen atoms in total. The highest BCUT2D eigenvalue weighted by Crippen LogP contribution is 2.01. The Bertz CT molecular complexity index is 182. The minimum atomic E-state index is -0.351. The van der Waals surface area contributed by atoms with Gasteiger partial charge >= 0.3 is 0 Å². The van der Waals surface area contributed by atoms with E-state index in [2.05, 4.69) is 13.0 Å². The van der Waals surface area contributed by atoms with E-state index in [4.69, 9.17) is 5.73 Å². The second-order valence-electron chi connectivity index (χ2n) is 2.85. The molecule has 0 aromatic rings. The topological polar surface area (TPSA) is 43.1 Å². The SMILES string of the molecule is CC/C=C\C=C(/C)C[C@H](N)C=O. The molecule has 0 amide bonds. The average molecular weight is 167 g/mol. The smallest absolute Gasteiger partial charge is 0.137 e. The Morgan fingerprint density at radius 3 is 2.75 bits per heavy atom. The lowest BCUT2D eigenvalue weighted by Gasteiger charge is -2.01. The molecule has 2 N–H and O–H groups in total. The standard InChI is InChI=1S/C10H17NO/c1-3-4-5-6-9(2)7-10(11)8-12/h4-6,8,10H,3,7,11H2,1-2H3/b5-4-,9-6+/t10-/m0/s1. The number of allylic oxidation sites excluding steroid dienone is 3. The molecule has 68 valence electrons. The third-order valence-electron chi connectivity index (χ3n) is 1.48. The summed E-state index contributed by atoms with van der Waals surface area (Å²) in [7, 11) is 0. The zero-order valence-electron chi connectivity index (χ0n) is 7.79. The molecule has 0 fully saturated rings. The molecule has 0 aliphatic heterocycles. The maximum atomic E-state index is 10.2. The number of rotatable bonds is 5. The Kier molecular flexibility index (Phi) is 6.29. The number of nitrogens with two attached hydrogens (primary N) is 1. The monoisotopic (exact) mass is 167 g/mol. The maximum absolute atomic E-state index is 10.2. The van der Waals surface area contributed by atoms with E-state index in [-0.39, 0.29) is 6.04 Å². The molecule has 2 heteroatoms. The fraction of sp³-hybridized carbons (Fsp3) is 0.500. The molecule has 0 saturated heterocycles. The molecule has 0 spiro atoms. The van der Waals surface area contributed by atoms with E-state index < -0.39 is 0 Å². The third-order valence-corrected chi connectivity index (χ3v) is 1.48. The van der Waals surface area contributed by atoms with Crippen LogP contribution in [-0.4, -0.2) is 12.3 Å². The molecule has 0 aromatic carbocycles. The van der Waals surface area contributed by atoms with E-state index in [1.807, 2.05) is 19.1 Å². The van der Waals surface area contributed by atoms with E-state index in [1.54, 1.807) is 0 Å². The Labute approximate surface area is 74.1 Å². The Balaban J connectivity index is 3.84. The van der Waals surface area contributed by atoms with Crippen LogP contribution in [0, 0.1) is 0 Å². The number of aldehydes is 1. The van der Waals surface area contributed by atoms with Crippen molar-refractivity contribution in [2.24, 2.45) is 5.73 Å². The predicted octanol–water partition coefficient (Wildman–Crippen LogP) is 1.82. The molecular formula is C10H17NO. The number of hydrogen-bond donors (Lipinski definition) is 1. The van der Waals surface area contributed by atoms with Gasteiger partial charge in [0.25, 0.3) is 0 Å². The molecule has 0 aliphatic carbocycles. The fourth-order valence-corrected chi connectivity index (χ4v) is 0.856. The van der Waals surface area contributed by atoms with E-state index >= 15 is 0 Å². The highest BCUT2D eigenvalue weighted by atomic mass is 16.1. The first-order valence-corrected chi connectivity index (χ1v) is 4.23. The van der Waals surface area contributed by atoms with Crippen molar-refractivity contribution < 1.29 is 4.79 Å². The van der Waals surface area contributed by atoms with Crippen molar-refractivity contribution in [3.05, 3.63) is 23.8 Å². The molecule has 0 bridgehead atoms. The fourth-order valence-electron chi connectivity index (χ4n) is 0.856. The van der Waals surface area contributed by atoms with Gasteiger partial charge in [-0.1, -0.05) is 30.7 Å². The quantitative estimate of drug-likeness (QED) is 0.501. The van der Waals surface area contributed by atoms with Gasteiger partial charge in [0, 0.05) is 0 Å². The van der Waals surface area contributed by atoms with Crippen molar-refractivity contribution in [2.75, 3.05) is 0 Å². The van der Waals surface area contributed by atoms with E-state index in [0.717, 1.165) is 18.3 Å². The lowest BCUT2D eigenvalue weighted by Crippen LogP contribution is -2.21. The normalized spacial score (nSPS) is 15.1. The van der Waals surface area contributed by atoms with Crippen LogP contribution in [-0.2, 0) is 4.79 Å². The molecule has 1 atom stereocenters. The molecule has 0 saturated carbocycles. The van der Waals surface area contributed by atoms with Crippen LogP contribution >= 0.6 is 0 Å². The van der Waals surface area contributed by atoms with Crippen LogP contribution in [0.4, 0.5) is 0 Å². The molecule has 0 aliphatic rings. The summed E-state index contributed by atoms with van der Waals surface area (Å²) in [6.07, 6.45) is 8.51. The lowest BCUT2D eigenvalue weighted by atomic mass is 10.1. The first kappa shape index (κ1) is 11.1. The van der Waals surface area contributed by atoms with Crippen LogP contribution < -0.4 is 5.73 Å². The number of hydrogen-bond acceptors (Lipinski definition) is 2. The minimum absolute atomic E-state index is 0.351. The summed E-state index contributed by atoms with van der Waals surface area (Å²) >= 11 is 0. The molecule has 0 aromatic heterocycles. The highest BCUT2D eigenvalue weighted by Gasteiger charge is 1.98. The van der Waals surface area contributed by atoms with E-state index in [9.17, 15) is 4.79 Å². The Hall–Kier alpha value is -0.890. The summed E-state index contributed by atoms with van der Waals surface area (Å²) in [5, 5.41) is 0. The van der Waals surface area contributed by atoms with E-state index in [1.165, 1.54) is 0 Å². The Morgan fingerprint density at radius 1 is 1.58 bits per heavy atom. The van der Waals surface area contributed by atoms with Crippen LogP contribution in [0.15, 0.2) is 23.8 Å². The molecule has 12 heavy (non-hydrogen) atoms. The summed E-state index contributed by atoms with van der Waals surface area (Å²) in [5.74, 6) is 0. The van der Waals surface area contributed by atoms with Crippen molar-refractivity contribution >= 4 is 6.29 Å². The van der Waals surface area contributed by atoms with Crippen LogP contribution in [0.3, 0.4) is 0 Å². The average Bonchev–Trinajstić information content (AvgIpc) is 2.05. The van der Waals surface area contributed by atoms with E-state index in [0.29, 0.717) is 6.42 Å². The first-order chi connectivity index (χ1) is 5.70. The van der Waals surface area contributed by atoms with Gasteiger partial charge in [-0.25, -0.2) is 0 Å². The van der Waals surface area contributed by atoms with Gasteiger partial charge in [0.2, 0.25) is 0 Å². The zero-order chi connectivity index (χ0) is 9.40. The summed E-state index contributed by atoms with van der Waals surface area (Å²) in [6.45, 7) is 4.06. The van der Waals surface area contributed by atoms with Gasteiger partial charge in [0.05, 0.1) is 6.04 Å². The van der Waals surface area contributed by atoms with Gasteiger partial charge < -0.3 is 10.5 Å². The predicted molar refractivity (Wildman–Crippen MR) is 51.8 cm³/mol. The van der Waals surface area contributed by atoms with Crippen LogP contribution in [0.1, 0.15) is 26.7 Å². The van der Waals surface area contributed by atoms with Gasteiger partial charge in [0.15, 0.2) is 0 Å². The van der Waals surface area contributed by atoms with Gasteiger partial charge in [-0.2, -0.15) is 0 Å². The van der Waals surface area contributed by atoms with Crippen LogP contribution in [0.25, 0.3) is 0 Å². The summed E-state index contributed by atoms with van der Waals surface area (Å²) in [6, 6.07) is -0.351. The van der Waals surface area contributed by atoms with Crippen molar-refractivity contribution in [1.29, 1.82) is 0 Å². The van der Waals surface area contributed by atoms with Crippen molar-refractivity contribution in [2.45, 2.75) is 32.7 Å². The number of carbonyl (C=O) groups excluding carboxylic acids is 1. The summed E-state index contributed by atoms with van der Waals surface area (Å²) in [5.41, 5.74) is 6.58. The van der Waals surface area contributed by atoms with Crippen molar-refractivity contribution in [3.63, 3.8) is 0 Å². The van der Waals surface area contributed by atoms with Gasteiger partial charge in [0.1, 0.15) is 6.29 Å². The lowest BCUT2D eigenvalue weighted by molar-refractivity contribution is -0.108. The summed E-state index contributed by atoms with van der Waals surface area (Å²) < 4.78 is 0. The van der Waals surface area contributed by atoms with Crippen molar-refractivity contribution in [1.82, 2.24) is 0 Å². The largest absolute Gasteiger partial charge is 0.321 e. The second kappa shape index (κ2) is 6.80. The maximum Gasteiger partial charge on any atom is 0.137 e. The number of carbonyl (C=O) groups is 1. The second-order valence-corrected chi connectivity index (χ2v) is 2.85. The van der Waals surface area contributed by atoms with Gasteiger partial charge in [-0.15, -0.1) is 0 Å². The van der Waals surface area contributed by atoms with Crippen molar-refractivity contribution in [3.8, 4) is 0 Å². The minimum Gasteiger partial charge on any atom is -0.321 e. The van der Waals surface area contributed by atoms with Crippen LogP contribution in [0.5, 0.6) is 0 Å². The first-order valence-electron chi connectivity index (χ1n) is 4.23. The van der Waals surface area contributed by atoms with Crippen LogP contribution in [0.2, 0.25) is 0 Å². The molecule has 0 radical (unpaired) electrons. The zero-order valence-corrected chi connectivity index (χ0v) is 7.79.